The van der Waals surface area contributed by atoms with Crippen LogP contribution in [0.3, 0.4) is 0 Å². The molecule has 1 saturated heterocycles. The van der Waals surface area contributed by atoms with Crippen molar-refractivity contribution in [1.82, 2.24) is 0 Å². The molecule has 216 valence electrons. The maximum absolute atomic E-state index is 13.6. The summed E-state index contributed by atoms with van der Waals surface area (Å²) in [6, 6.07) is 3.71. The summed E-state index contributed by atoms with van der Waals surface area (Å²) in [4.78, 5) is 27.1. The van der Waals surface area contributed by atoms with Crippen molar-refractivity contribution < 1.29 is 49.0 Å². The molecule has 2 aromatic rings. The highest BCUT2D eigenvalue weighted by molar-refractivity contribution is 6.31. The fraction of sp³-hybridized carbons (Fsp3) is 0.533. The minimum atomic E-state index is -1.32. The molecule has 10 nitrogen and oxygen atoms in total. The van der Waals surface area contributed by atoms with Gasteiger partial charge >= 0.3 is 0 Å². The number of carbonyl (C=O) groups excluding carboxylic acids is 2. The lowest BCUT2D eigenvalue weighted by atomic mass is 9.69. The lowest BCUT2D eigenvalue weighted by Crippen LogP contribution is -2.62. The van der Waals surface area contributed by atoms with Crippen LogP contribution in [0.15, 0.2) is 18.2 Å². The van der Waals surface area contributed by atoms with Crippen molar-refractivity contribution in [2.75, 3.05) is 14.2 Å². The van der Waals surface area contributed by atoms with E-state index in [1.165, 1.54) is 13.2 Å². The molecule has 5 rings (SSSR count). The van der Waals surface area contributed by atoms with Crippen LogP contribution >= 0.6 is 0 Å². The van der Waals surface area contributed by atoms with Crippen molar-refractivity contribution in [3.63, 3.8) is 0 Å². The number of carbonyl (C=O) groups is 2. The Labute approximate surface area is 232 Å². The molecule has 0 saturated carbocycles. The number of ketones is 2. The number of rotatable bonds is 4. The van der Waals surface area contributed by atoms with Crippen molar-refractivity contribution in [2.45, 2.75) is 82.8 Å². The second-order valence-corrected chi connectivity index (χ2v) is 11.6. The van der Waals surface area contributed by atoms with Gasteiger partial charge < -0.3 is 39.4 Å². The van der Waals surface area contributed by atoms with E-state index in [2.05, 4.69) is 0 Å². The normalized spacial score (nSPS) is 35.2. The highest BCUT2D eigenvalue weighted by atomic mass is 16.7. The Bertz CT molecular complexity index is 1400. The van der Waals surface area contributed by atoms with E-state index >= 15 is 0 Å². The van der Waals surface area contributed by atoms with Crippen LogP contribution in [0.5, 0.6) is 17.2 Å². The van der Waals surface area contributed by atoms with Crippen LogP contribution in [0.4, 0.5) is 0 Å². The standard InChI is InChI=1S/C30H36O10/c1-12-14(3)39-28(27(37-6)30(12,5)38-7)40-19-11-29(4,36)13(2)15-10-16-21(25(34)20(15)19)26(35)23-18(32)9-8-17(31)22(23)24(16)33/h8-10,12-14,19,27-28,31-32,34,36H,11H2,1-7H3. The van der Waals surface area contributed by atoms with Gasteiger partial charge in [0.1, 0.15) is 29.0 Å². The van der Waals surface area contributed by atoms with Gasteiger partial charge in [0.2, 0.25) is 5.78 Å². The average Bonchev–Trinajstić information content (AvgIpc) is 2.89. The molecule has 0 radical (unpaired) electrons. The SMILES string of the molecule is COC1C(OC2CC(C)(O)C(C)c3cc4c(c(O)c32)C(=O)c2c(O)ccc(O)c2C4=O)OC(C)C(C)C1(C)OC. The lowest BCUT2D eigenvalue weighted by Gasteiger charge is -2.51. The first kappa shape index (κ1) is 28.5. The van der Waals surface area contributed by atoms with Crippen LogP contribution in [0.2, 0.25) is 0 Å². The van der Waals surface area contributed by atoms with Crippen LogP contribution in [0, 0.1) is 5.92 Å². The molecule has 3 aliphatic rings. The molecule has 0 bridgehead atoms. The van der Waals surface area contributed by atoms with Gasteiger partial charge in [-0.15, -0.1) is 0 Å². The number of aromatic hydroxyl groups is 3. The van der Waals surface area contributed by atoms with E-state index in [4.69, 9.17) is 18.9 Å². The third-order valence-corrected chi connectivity index (χ3v) is 9.54. The van der Waals surface area contributed by atoms with E-state index in [9.17, 15) is 30.0 Å². The maximum Gasteiger partial charge on any atom is 0.202 e. The molecule has 8 unspecified atom stereocenters. The first-order valence-electron chi connectivity index (χ1n) is 13.3. The number of aliphatic hydroxyl groups is 1. The second-order valence-electron chi connectivity index (χ2n) is 11.6. The van der Waals surface area contributed by atoms with Crippen molar-refractivity contribution in [1.29, 1.82) is 0 Å². The Morgan fingerprint density at radius 3 is 2.12 bits per heavy atom. The van der Waals surface area contributed by atoms with Crippen LogP contribution < -0.4 is 0 Å². The van der Waals surface area contributed by atoms with E-state index in [-0.39, 0.29) is 46.3 Å². The first-order chi connectivity index (χ1) is 18.7. The summed E-state index contributed by atoms with van der Waals surface area (Å²) < 4.78 is 24.4. The van der Waals surface area contributed by atoms with Gasteiger partial charge in [0.05, 0.1) is 34.5 Å². The number of benzene rings is 2. The summed E-state index contributed by atoms with van der Waals surface area (Å²) in [5, 5.41) is 43.8. The third-order valence-electron chi connectivity index (χ3n) is 9.54. The van der Waals surface area contributed by atoms with Gasteiger partial charge in [0.15, 0.2) is 12.1 Å². The summed E-state index contributed by atoms with van der Waals surface area (Å²) in [7, 11) is 3.11. The zero-order valence-electron chi connectivity index (χ0n) is 23.6. The van der Waals surface area contributed by atoms with Gasteiger partial charge in [-0.1, -0.05) is 13.8 Å². The molecule has 2 aliphatic carbocycles. The molecule has 0 spiro atoms. The predicted molar refractivity (Wildman–Crippen MR) is 142 cm³/mol. The molecule has 2 aromatic carbocycles. The largest absolute Gasteiger partial charge is 0.507 e. The number of fused-ring (bicyclic) bond motifs is 3. The third kappa shape index (κ3) is 3.88. The van der Waals surface area contributed by atoms with Crippen LogP contribution in [0.25, 0.3) is 0 Å². The summed E-state index contributed by atoms with van der Waals surface area (Å²) >= 11 is 0. The van der Waals surface area contributed by atoms with E-state index < -0.39 is 64.4 Å². The molecule has 4 N–H and O–H groups in total. The monoisotopic (exact) mass is 556 g/mol. The molecule has 40 heavy (non-hydrogen) atoms. The highest BCUT2D eigenvalue weighted by Gasteiger charge is 2.54. The second kappa shape index (κ2) is 9.53. The summed E-state index contributed by atoms with van der Waals surface area (Å²) in [6.45, 7) is 9.19. The Hall–Kier alpha value is -3.02. The molecule has 1 heterocycles. The van der Waals surface area contributed by atoms with Gasteiger partial charge in [-0.3, -0.25) is 9.59 Å². The minimum absolute atomic E-state index is 0.0438. The molecule has 0 amide bonds. The Balaban J connectivity index is 1.66. The van der Waals surface area contributed by atoms with E-state index in [1.807, 2.05) is 20.8 Å². The molecule has 10 heteroatoms. The fourth-order valence-electron chi connectivity index (χ4n) is 6.52. The Morgan fingerprint density at radius 2 is 1.55 bits per heavy atom. The topological polar surface area (TPSA) is 152 Å². The zero-order chi connectivity index (χ0) is 29.5. The number of hydrogen-bond acceptors (Lipinski definition) is 10. The molecular formula is C30H36O10. The van der Waals surface area contributed by atoms with Gasteiger partial charge in [0.25, 0.3) is 0 Å². The van der Waals surface area contributed by atoms with E-state index in [0.717, 1.165) is 12.1 Å². The number of phenols is 3. The summed E-state index contributed by atoms with van der Waals surface area (Å²) in [6.07, 6.45) is -2.84. The van der Waals surface area contributed by atoms with E-state index in [1.54, 1.807) is 21.0 Å². The van der Waals surface area contributed by atoms with Crippen molar-refractivity contribution >= 4 is 11.6 Å². The smallest absolute Gasteiger partial charge is 0.202 e. The van der Waals surface area contributed by atoms with Gasteiger partial charge in [0, 0.05) is 43.6 Å². The lowest BCUT2D eigenvalue weighted by molar-refractivity contribution is -0.330. The summed E-state index contributed by atoms with van der Waals surface area (Å²) in [5.74, 6) is -3.57. The number of ether oxygens (including phenoxy) is 4. The molecule has 0 aromatic heterocycles. The van der Waals surface area contributed by atoms with Gasteiger partial charge in [-0.25, -0.2) is 0 Å². The molecular weight excluding hydrogens is 520 g/mol. The highest BCUT2D eigenvalue weighted by Crippen LogP contribution is 2.53. The fourth-order valence-corrected chi connectivity index (χ4v) is 6.52. The summed E-state index contributed by atoms with van der Waals surface area (Å²) in [5.41, 5.74) is -2.58. The van der Waals surface area contributed by atoms with Crippen LogP contribution in [-0.2, 0) is 18.9 Å². The maximum atomic E-state index is 13.6. The quantitative estimate of drug-likeness (QED) is 0.350. The Kier molecular flexibility index (Phi) is 6.79. The van der Waals surface area contributed by atoms with Crippen molar-refractivity contribution in [2.24, 2.45) is 5.92 Å². The average molecular weight is 557 g/mol. The first-order valence-corrected chi connectivity index (χ1v) is 13.3. The van der Waals surface area contributed by atoms with E-state index in [0.29, 0.717) is 5.56 Å². The minimum Gasteiger partial charge on any atom is -0.507 e. The van der Waals surface area contributed by atoms with Gasteiger partial charge in [-0.2, -0.15) is 0 Å². The van der Waals surface area contributed by atoms with Crippen LogP contribution in [0.1, 0.15) is 96.0 Å². The number of phenolic OH excluding ortho intramolecular Hbond substituents is 3. The Morgan fingerprint density at radius 1 is 0.950 bits per heavy atom. The van der Waals surface area contributed by atoms with Crippen molar-refractivity contribution in [3.05, 3.63) is 51.6 Å². The molecule has 1 aliphatic heterocycles. The number of hydrogen-bond donors (Lipinski definition) is 4. The van der Waals surface area contributed by atoms with Crippen molar-refractivity contribution in [3.8, 4) is 17.2 Å². The van der Waals surface area contributed by atoms with Crippen LogP contribution in [-0.4, -0.2) is 75.9 Å². The zero-order valence-corrected chi connectivity index (χ0v) is 23.6. The predicted octanol–water partition coefficient (Wildman–Crippen LogP) is 3.70. The van der Waals surface area contributed by atoms with Gasteiger partial charge in [-0.05, 0) is 44.5 Å². The molecule has 1 fully saturated rings. The molecule has 8 atom stereocenters. The number of methoxy groups -OCH3 is 2.